The molecular formula is C19H29N5O5. The Morgan fingerprint density at radius 3 is 2.83 bits per heavy atom. The van der Waals surface area contributed by atoms with E-state index in [9.17, 15) is 20.4 Å². The number of nitrogens with zero attached hydrogens (tertiary/aromatic N) is 5. The zero-order valence-electron chi connectivity index (χ0n) is 16.5. The maximum absolute atomic E-state index is 10.9. The number of unbranched alkanes of at least 4 members (excludes halogenated alkanes) is 2. The summed E-state index contributed by atoms with van der Waals surface area (Å²) in [4.78, 5) is 12.4. The molecule has 2 aliphatic heterocycles. The predicted octanol–water partition coefficient (Wildman–Crippen LogP) is 0.0410. The Labute approximate surface area is 169 Å². The summed E-state index contributed by atoms with van der Waals surface area (Å²) in [5, 5.41) is 41.0. The van der Waals surface area contributed by atoms with Gasteiger partial charge in [-0.05, 0) is 6.42 Å². The molecule has 0 saturated carbocycles. The summed E-state index contributed by atoms with van der Waals surface area (Å²) < 4.78 is 7.57. The van der Waals surface area contributed by atoms with Crippen LogP contribution in [0.15, 0.2) is 18.7 Å². The van der Waals surface area contributed by atoms with Crippen LogP contribution in [0.1, 0.15) is 39.0 Å². The minimum atomic E-state index is -1.12. The topological polar surface area (TPSA) is 127 Å². The van der Waals surface area contributed by atoms with Crippen LogP contribution in [-0.2, 0) is 4.74 Å². The molecule has 10 heteroatoms. The number of anilines is 2. The molecule has 1 fully saturated rings. The number of rotatable bonds is 8. The van der Waals surface area contributed by atoms with Gasteiger partial charge in [0.1, 0.15) is 24.3 Å². The Hall–Kier alpha value is -1.98. The molecule has 0 amide bonds. The first-order chi connectivity index (χ1) is 14.0. The van der Waals surface area contributed by atoms with Gasteiger partial charge in [-0.1, -0.05) is 26.2 Å². The quantitative estimate of drug-likeness (QED) is 0.449. The van der Waals surface area contributed by atoms with Gasteiger partial charge in [0.05, 0.1) is 25.5 Å². The predicted molar refractivity (Wildman–Crippen MR) is 105 cm³/mol. The van der Waals surface area contributed by atoms with Gasteiger partial charge in [0.2, 0.25) is 0 Å². The first-order valence-corrected chi connectivity index (χ1v) is 10.2. The molecule has 2 aromatic heterocycles. The first-order valence-electron chi connectivity index (χ1n) is 10.2. The molecule has 0 spiro atoms. The average molecular weight is 407 g/mol. The van der Waals surface area contributed by atoms with E-state index in [0.29, 0.717) is 30.0 Å². The van der Waals surface area contributed by atoms with Crippen molar-refractivity contribution in [1.29, 1.82) is 0 Å². The van der Waals surface area contributed by atoms with Crippen LogP contribution in [-0.4, -0.2) is 78.8 Å². The third-order valence-corrected chi connectivity index (χ3v) is 5.76. The van der Waals surface area contributed by atoms with Crippen molar-refractivity contribution < 1.29 is 25.2 Å². The van der Waals surface area contributed by atoms with Crippen LogP contribution < -0.4 is 9.80 Å². The number of hydrogen-bond donors (Lipinski definition) is 4. The number of aliphatic hydroxyl groups is 4. The molecule has 4 rings (SSSR count). The molecule has 2 unspecified atom stereocenters. The Balaban J connectivity index is 1.63. The molecule has 160 valence electrons. The molecule has 4 heterocycles. The monoisotopic (exact) mass is 407 g/mol. The summed E-state index contributed by atoms with van der Waals surface area (Å²) in [5.41, 5.74) is 1.24. The average Bonchev–Trinajstić information content (AvgIpc) is 3.42. The minimum Gasteiger partial charge on any atom is -0.394 e. The second-order valence-electron chi connectivity index (χ2n) is 7.75. The van der Waals surface area contributed by atoms with Crippen molar-refractivity contribution in [2.24, 2.45) is 0 Å². The lowest BCUT2D eigenvalue weighted by Gasteiger charge is -2.31. The van der Waals surface area contributed by atoms with E-state index >= 15 is 0 Å². The van der Waals surface area contributed by atoms with Crippen LogP contribution in [0.2, 0.25) is 0 Å². The number of ether oxygens (including phenoxy) is 1. The van der Waals surface area contributed by atoms with Crippen molar-refractivity contribution in [1.82, 2.24) is 14.4 Å². The number of imidazole rings is 1. The zero-order chi connectivity index (χ0) is 20.5. The van der Waals surface area contributed by atoms with Gasteiger partial charge in [0, 0.05) is 18.8 Å². The lowest BCUT2D eigenvalue weighted by atomic mass is 10.1. The van der Waals surface area contributed by atoms with Gasteiger partial charge in [-0.25, -0.2) is 9.97 Å². The number of hydrogen-bond acceptors (Lipinski definition) is 9. The second kappa shape index (κ2) is 8.41. The lowest BCUT2D eigenvalue weighted by Crippen LogP contribution is -2.47. The summed E-state index contributed by atoms with van der Waals surface area (Å²) >= 11 is 0. The highest BCUT2D eigenvalue weighted by Crippen LogP contribution is 2.41. The van der Waals surface area contributed by atoms with Gasteiger partial charge < -0.3 is 35.0 Å². The van der Waals surface area contributed by atoms with E-state index in [4.69, 9.17) is 4.74 Å². The second-order valence-corrected chi connectivity index (χ2v) is 7.75. The standard InChI is InChI=1S/C19H29N5O5/c1-2-3-4-5-12(26)19(28)24-11-23(15-8-13(27)14(9-25)29-15)18-16(24)17-20-6-7-22(17)10-21-18/h6-7,10,12-15,19,25-28H,2-5,8-9,11H2,1H3/t12?,13-,14+,15+,19?/m0/s1. The summed E-state index contributed by atoms with van der Waals surface area (Å²) in [7, 11) is 0. The van der Waals surface area contributed by atoms with Gasteiger partial charge in [-0.3, -0.25) is 4.40 Å². The summed E-state index contributed by atoms with van der Waals surface area (Å²) in [5.74, 6) is 0.569. The van der Waals surface area contributed by atoms with Crippen molar-refractivity contribution in [2.75, 3.05) is 23.1 Å². The fourth-order valence-corrected chi connectivity index (χ4v) is 4.11. The van der Waals surface area contributed by atoms with Crippen LogP contribution in [0.3, 0.4) is 0 Å². The molecule has 0 radical (unpaired) electrons. The zero-order valence-corrected chi connectivity index (χ0v) is 16.5. The normalized spacial score (nSPS) is 26.3. The summed E-state index contributed by atoms with van der Waals surface area (Å²) in [6.45, 7) is 2.05. The highest BCUT2D eigenvalue weighted by molar-refractivity contribution is 5.85. The van der Waals surface area contributed by atoms with Crippen LogP contribution in [0.25, 0.3) is 5.65 Å². The number of fused-ring (bicyclic) bond motifs is 3. The van der Waals surface area contributed by atoms with E-state index < -0.39 is 30.8 Å². The molecule has 2 aromatic rings. The van der Waals surface area contributed by atoms with Gasteiger partial charge in [-0.2, -0.15) is 0 Å². The van der Waals surface area contributed by atoms with E-state index in [1.165, 1.54) is 0 Å². The molecule has 0 aliphatic carbocycles. The van der Waals surface area contributed by atoms with Crippen LogP contribution in [0, 0.1) is 0 Å². The Kier molecular flexibility index (Phi) is 5.88. The third kappa shape index (κ3) is 3.66. The summed E-state index contributed by atoms with van der Waals surface area (Å²) in [6.07, 6.45) is 4.77. The van der Waals surface area contributed by atoms with Crippen molar-refractivity contribution in [3.05, 3.63) is 18.7 Å². The number of aromatic nitrogens is 3. The molecule has 29 heavy (non-hydrogen) atoms. The van der Waals surface area contributed by atoms with Gasteiger partial charge in [0.15, 0.2) is 17.7 Å². The highest BCUT2D eigenvalue weighted by Gasteiger charge is 2.44. The van der Waals surface area contributed by atoms with E-state index in [1.807, 2.05) is 4.90 Å². The van der Waals surface area contributed by atoms with Crippen LogP contribution >= 0.6 is 0 Å². The van der Waals surface area contributed by atoms with Crippen LogP contribution in [0.5, 0.6) is 0 Å². The minimum absolute atomic E-state index is 0.233. The smallest absolute Gasteiger partial charge is 0.165 e. The molecule has 0 bridgehead atoms. The van der Waals surface area contributed by atoms with Crippen molar-refractivity contribution in [3.63, 3.8) is 0 Å². The Morgan fingerprint density at radius 2 is 2.10 bits per heavy atom. The van der Waals surface area contributed by atoms with Crippen molar-refractivity contribution in [2.45, 2.75) is 69.8 Å². The van der Waals surface area contributed by atoms with Gasteiger partial charge >= 0.3 is 0 Å². The maximum atomic E-state index is 10.9. The molecule has 5 atom stereocenters. The largest absolute Gasteiger partial charge is 0.394 e. The summed E-state index contributed by atoms with van der Waals surface area (Å²) in [6, 6.07) is 0. The van der Waals surface area contributed by atoms with Crippen LogP contribution in [0.4, 0.5) is 11.5 Å². The van der Waals surface area contributed by atoms with E-state index in [1.54, 1.807) is 28.0 Å². The SMILES string of the molecule is CCCCCC(O)C(O)N1CN([C@H]2C[C@H](O)[C@@H](CO)O2)c2ncn3ccnc3c21. The third-order valence-electron chi connectivity index (χ3n) is 5.76. The lowest BCUT2D eigenvalue weighted by molar-refractivity contribution is -0.0234. The van der Waals surface area contributed by atoms with E-state index in [-0.39, 0.29) is 13.3 Å². The van der Waals surface area contributed by atoms with Crippen molar-refractivity contribution in [3.8, 4) is 0 Å². The number of aliphatic hydroxyl groups excluding tert-OH is 4. The molecule has 2 aliphatic rings. The molecule has 10 nitrogen and oxygen atoms in total. The molecule has 0 aromatic carbocycles. The van der Waals surface area contributed by atoms with E-state index in [0.717, 1.165) is 19.3 Å². The maximum Gasteiger partial charge on any atom is 0.165 e. The first kappa shape index (κ1) is 20.3. The highest BCUT2D eigenvalue weighted by atomic mass is 16.5. The fraction of sp³-hybridized carbons (Fsp3) is 0.684. The van der Waals surface area contributed by atoms with Crippen molar-refractivity contribution >= 4 is 17.2 Å². The molecule has 4 N–H and O–H groups in total. The molecular weight excluding hydrogens is 378 g/mol. The fourth-order valence-electron chi connectivity index (χ4n) is 4.11. The Morgan fingerprint density at radius 1 is 1.28 bits per heavy atom. The van der Waals surface area contributed by atoms with Gasteiger partial charge in [0.25, 0.3) is 0 Å². The Bertz CT molecular complexity index is 832. The van der Waals surface area contributed by atoms with E-state index in [2.05, 4.69) is 16.9 Å². The molecule has 1 saturated heterocycles. The van der Waals surface area contributed by atoms with Gasteiger partial charge in [-0.15, -0.1) is 0 Å².